The molecule has 2 aliphatic rings. The zero-order valence-electron chi connectivity index (χ0n) is 8.66. The second-order valence-corrected chi connectivity index (χ2v) is 4.02. The van der Waals surface area contributed by atoms with E-state index in [1.54, 1.807) is 0 Å². The zero-order valence-corrected chi connectivity index (χ0v) is 8.66. The monoisotopic (exact) mass is 198 g/mol. The number of amides is 1. The number of nitrogens with one attached hydrogen (secondary N) is 1. The SMILES string of the molecule is CCOC(=O)N1CCC[C@H]2CNC[C@H]21. The van der Waals surface area contributed by atoms with Crippen molar-refractivity contribution in [3.05, 3.63) is 0 Å². The lowest BCUT2D eigenvalue weighted by atomic mass is 9.92. The second kappa shape index (κ2) is 4.17. The number of nitrogens with zero attached hydrogens (tertiary/aromatic N) is 1. The van der Waals surface area contributed by atoms with E-state index in [-0.39, 0.29) is 6.09 Å². The van der Waals surface area contributed by atoms with Gasteiger partial charge in [-0.05, 0) is 25.7 Å². The summed E-state index contributed by atoms with van der Waals surface area (Å²) in [7, 11) is 0. The van der Waals surface area contributed by atoms with Gasteiger partial charge in [-0.2, -0.15) is 0 Å². The zero-order chi connectivity index (χ0) is 9.97. The Kier molecular flexibility index (Phi) is 2.91. The summed E-state index contributed by atoms with van der Waals surface area (Å²) in [5.74, 6) is 0.646. The van der Waals surface area contributed by atoms with Gasteiger partial charge in [0.25, 0.3) is 0 Å². The quantitative estimate of drug-likeness (QED) is 0.678. The first-order valence-corrected chi connectivity index (χ1v) is 5.47. The van der Waals surface area contributed by atoms with Crippen molar-refractivity contribution in [1.82, 2.24) is 10.2 Å². The molecule has 0 saturated carbocycles. The van der Waals surface area contributed by atoms with E-state index in [0.717, 1.165) is 26.1 Å². The van der Waals surface area contributed by atoms with Crippen LogP contribution >= 0.6 is 0 Å². The molecular weight excluding hydrogens is 180 g/mol. The summed E-state index contributed by atoms with van der Waals surface area (Å²) in [4.78, 5) is 13.5. The number of carbonyl (C=O) groups excluding carboxylic acids is 1. The van der Waals surface area contributed by atoms with Crippen LogP contribution in [0.2, 0.25) is 0 Å². The molecule has 2 aliphatic heterocycles. The van der Waals surface area contributed by atoms with Gasteiger partial charge >= 0.3 is 6.09 Å². The van der Waals surface area contributed by atoms with E-state index in [1.165, 1.54) is 6.42 Å². The van der Waals surface area contributed by atoms with Crippen molar-refractivity contribution in [1.29, 1.82) is 0 Å². The van der Waals surface area contributed by atoms with E-state index in [0.29, 0.717) is 18.6 Å². The van der Waals surface area contributed by atoms with Crippen LogP contribution in [-0.2, 0) is 4.74 Å². The van der Waals surface area contributed by atoms with Gasteiger partial charge in [0.15, 0.2) is 0 Å². The number of fused-ring (bicyclic) bond motifs is 1. The summed E-state index contributed by atoms with van der Waals surface area (Å²) in [5.41, 5.74) is 0. The number of ether oxygens (including phenoxy) is 1. The van der Waals surface area contributed by atoms with E-state index in [9.17, 15) is 4.79 Å². The van der Waals surface area contributed by atoms with Crippen LogP contribution < -0.4 is 5.32 Å². The maximum Gasteiger partial charge on any atom is 0.410 e. The van der Waals surface area contributed by atoms with E-state index >= 15 is 0 Å². The molecule has 0 unspecified atom stereocenters. The molecule has 4 heteroatoms. The van der Waals surface area contributed by atoms with Crippen LogP contribution in [0.1, 0.15) is 19.8 Å². The smallest absolute Gasteiger partial charge is 0.410 e. The largest absolute Gasteiger partial charge is 0.450 e. The van der Waals surface area contributed by atoms with Crippen molar-refractivity contribution in [2.45, 2.75) is 25.8 Å². The number of likely N-dealkylation sites (tertiary alicyclic amines) is 1. The van der Waals surface area contributed by atoms with Gasteiger partial charge in [0.2, 0.25) is 0 Å². The standard InChI is InChI=1S/C10H18N2O2/c1-2-14-10(13)12-5-3-4-8-6-11-7-9(8)12/h8-9,11H,2-7H2,1H3/t8-,9+/m0/s1. The minimum atomic E-state index is -0.133. The van der Waals surface area contributed by atoms with Gasteiger partial charge in [0.1, 0.15) is 0 Å². The third kappa shape index (κ3) is 1.71. The van der Waals surface area contributed by atoms with Crippen molar-refractivity contribution in [3.8, 4) is 0 Å². The Balaban J connectivity index is 1.99. The first kappa shape index (κ1) is 9.77. The molecular formula is C10H18N2O2. The fraction of sp³-hybridized carbons (Fsp3) is 0.900. The van der Waals surface area contributed by atoms with Crippen LogP contribution in [-0.4, -0.2) is 43.3 Å². The van der Waals surface area contributed by atoms with Gasteiger partial charge in [-0.15, -0.1) is 0 Å². The minimum absolute atomic E-state index is 0.133. The normalized spacial score (nSPS) is 31.4. The molecule has 0 radical (unpaired) electrons. The second-order valence-electron chi connectivity index (χ2n) is 4.02. The van der Waals surface area contributed by atoms with E-state index < -0.39 is 0 Å². The summed E-state index contributed by atoms with van der Waals surface area (Å²) >= 11 is 0. The van der Waals surface area contributed by atoms with Crippen molar-refractivity contribution < 1.29 is 9.53 Å². The molecule has 0 aromatic rings. The minimum Gasteiger partial charge on any atom is -0.450 e. The fourth-order valence-electron chi connectivity index (χ4n) is 2.50. The van der Waals surface area contributed by atoms with Crippen molar-refractivity contribution in [3.63, 3.8) is 0 Å². The molecule has 2 saturated heterocycles. The van der Waals surface area contributed by atoms with Crippen LogP contribution in [0.5, 0.6) is 0 Å². The number of carbonyl (C=O) groups is 1. The highest BCUT2D eigenvalue weighted by Gasteiger charge is 2.37. The van der Waals surface area contributed by atoms with Crippen LogP contribution in [0.25, 0.3) is 0 Å². The van der Waals surface area contributed by atoms with Gasteiger partial charge in [-0.25, -0.2) is 4.79 Å². The number of hydrogen-bond acceptors (Lipinski definition) is 3. The molecule has 2 rings (SSSR count). The Labute approximate surface area is 84.6 Å². The highest BCUT2D eigenvalue weighted by Crippen LogP contribution is 2.26. The van der Waals surface area contributed by atoms with E-state index in [4.69, 9.17) is 4.74 Å². The molecule has 2 atom stereocenters. The molecule has 14 heavy (non-hydrogen) atoms. The lowest BCUT2D eigenvalue weighted by Gasteiger charge is -2.35. The van der Waals surface area contributed by atoms with Gasteiger partial charge in [0, 0.05) is 19.6 Å². The number of hydrogen-bond donors (Lipinski definition) is 1. The summed E-state index contributed by atoms with van der Waals surface area (Å²) < 4.78 is 5.05. The Hall–Kier alpha value is -0.770. The first-order valence-electron chi connectivity index (χ1n) is 5.47. The Morgan fingerprint density at radius 3 is 3.21 bits per heavy atom. The third-order valence-corrected chi connectivity index (χ3v) is 3.18. The highest BCUT2D eigenvalue weighted by molar-refractivity contribution is 5.68. The molecule has 80 valence electrons. The van der Waals surface area contributed by atoms with Gasteiger partial charge in [-0.3, -0.25) is 0 Å². The molecule has 0 spiro atoms. The van der Waals surface area contributed by atoms with E-state index in [1.807, 2.05) is 11.8 Å². The molecule has 1 amide bonds. The molecule has 2 fully saturated rings. The van der Waals surface area contributed by atoms with Gasteiger partial charge in [-0.1, -0.05) is 0 Å². The molecule has 4 nitrogen and oxygen atoms in total. The van der Waals surface area contributed by atoms with Crippen LogP contribution in [0.15, 0.2) is 0 Å². The molecule has 0 bridgehead atoms. The summed E-state index contributed by atoms with van der Waals surface area (Å²) in [6.45, 7) is 5.18. The Morgan fingerprint density at radius 1 is 1.57 bits per heavy atom. The predicted octanol–water partition coefficient (Wildman–Crippen LogP) is 0.827. The van der Waals surface area contributed by atoms with Crippen LogP contribution in [0.3, 0.4) is 0 Å². The Morgan fingerprint density at radius 2 is 2.43 bits per heavy atom. The lowest BCUT2D eigenvalue weighted by molar-refractivity contribution is 0.0694. The van der Waals surface area contributed by atoms with Crippen molar-refractivity contribution in [2.75, 3.05) is 26.2 Å². The molecule has 1 N–H and O–H groups in total. The van der Waals surface area contributed by atoms with E-state index in [2.05, 4.69) is 5.32 Å². The molecule has 0 aromatic heterocycles. The molecule has 2 heterocycles. The average Bonchev–Trinajstić information content (AvgIpc) is 2.65. The van der Waals surface area contributed by atoms with Crippen LogP contribution in [0.4, 0.5) is 4.79 Å². The summed E-state index contributed by atoms with van der Waals surface area (Å²) in [6.07, 6.45) is 2.22. The maximum absolute atomic E-state index is 11.6. The third-order valence-electron chi connectivity index (χ3n) is 3.18. The Bertz CT molecular complexity index is 220. The van der Waals surface area contributed by atoms with Gasteiger partial charge < -0.3 is 15.0 Å². The lowest BCUT2D eigenvalue weighted by Crippen LogP contribution is -2.48. The van der Waals surface area contributed by atoms with Gasteiger partial charge in [0.05, 0.1) is 12.6 Å². The predicted molar refractivity (Wildman–Crippen MR) is 53.1 cm³/mol. The summed E-state index contributed by atoms with van der Waals surface area (Å²) in [6, 6.07) is 0.378. The molecule has 0 aliphatic carbocycles. The topological polar surface area (TPSA) is 41.6 Å². The van der Waals surface area contributed by atoms with Crippen molar-refractivity contribution >= 4 is 6.09 Å². The molecule has 0 aromatic carbocycles. The number of rotatable bonds is 1. The summed E-state index contributed by atoms with van der Waals surface area (Å²) in [5, 5.41) is 3.34. The first-order chi connectivity index (χ1) is 6.83. The highest BCUT2D eigenvalue weighted by atomic mass is 16.6. The maximum atomic E-state index is 11.6. The average molecular weight is 198 g/mol. The van der Waals surface area contributed by atoms with Crippen LogP contribution in [0, 0.1) is 5.92 Å². The fourth-order valence-corrected chi connectivity index (χ4v) is 2.50. The van der Waals surface area contributed by atoms with Crippen molar-refractivity contribution in [2.24, 2.45) is 5.92 Å². The number of piperidine rings is 1.